The number of amides is 3. The molecule has 0 spiro atoms. The second-order valence-corrected chi connectivity index (χ2v) is 10.5. The summed E-state index contributed by atoms with van der Waals surface area (Å²) in [5.41, 5.74) is -3.09. The third kappa shape index (κ3) is 7.41. The Labute approximate surface area is 252 Å². The maximum Gasteiger partial charge on any atom is 0.416 e. The smallest absolute Gasteiger partial charge is 0.416 e. The first-order valence-electron chi connectivity index (χ1n) is 13.6. The van der Waals surface area contributed by atoms with E-state index in [0.717, 1.165) is 4.90 Å². The molecule has 0 bridgehead atoms. The lowest BCUT2D eigenvalue weighted by Gasteiger charge is -2.28. The highest BCUT2D eigenvalue weighted by molar-refractivity contribution is 5.87. The molecule has 2 heterocycles. The van der Waals surface area contributed by atoms with Crippen LogP contribution in [0.4, 0.5) is 36.8 Å². The standard InChI is InChI=1S/C30H26F6N4O5/c31-29(32,33)19-11-18(12-20(13-19)30(34,35)36)15-37-25(41)16-38(17-26(42)39-10-9-24-27(39)40(24)28(43)44)21-5-4-8-23(14-21)45-22-6-2-1-3-7-22/h1-8,11-14,24,27H,9-10,15-17H2,(H,37,41)(H,43,44)/t24-,27-,40?/m0/s1. The second kappa shape index (κ2) is 12.2. The molecule has 5 rings (SSSR count). The Balaban J connectivity index is 1.34. The minimum Gasteiger partial charge on any atom is -0.465 e. The van der Waals surface area contributed by atoms with Crippen LogP contribution in [0.3, 0.4) is 0 Å². The van der Waals surface area contributed by atoms with Crippen LogP contribution in [-0.4, -0.2) is 64.7 Å². The molecule has 2 atom stereocenters. The summed E-state index contributed by atoms with van der Waals surface area (Å²) in [5.74, 6) is -0.386. The Morgan fingerprint density at radius 3 is 2.11 bits per heavy atom. The monoisotopic (exact) mass is 636 g/mol. The van der Waals surface area contributed by atoms with Gasteiger partial charge in [-0.3, -0.25) is 14.5 Å². The molecule has 45 heavy (non-hydrogen) atoms. The normalized spacial score (nSPS) is 17.5. The molecule has 0 saturated carbocycles. The van der Waals surface area contributed by atoms with Crippen LogP contribution in [-0.2, 0) is 28.5 Å². The lowest BCUT2D eigenvalue weighted by molar-refractivity contribution is -0.143. The van der Waals surface area contributed by atoms with Crippen LogP contribution in [0.15, 0.2) is 72.8 Å². The average molecular weight is 637 g/mol. The van der Waals surface area contributed by atoms with E-state index in [1.807, 2.05) is 0 Å². The fourth-order valence-corrected chi connectivity index (χ4v) is 5.25. The number of rotatable bonds is 9. The van der Waals surface area contributed by atoms with Crippen molar-refractivity contribution < 1.29 is 50.6 Å². The molecule has 0 unspecified atom stereocenters. The Hall–Kier alpha value is -4.95. The Morgan fingerprint density at radius 2 is 1.51 bits per heavy atom. The first kappa shape index (κ1) is 31.5. The van der Waals surface area contributed by atoms with E-state index < -0.39 is 66.2 Å². The number of hydrogen-bond acceptors (Lipinski definition) is 5. The van der Waals surface area contributed by atoms with Crippen LogP contribution in [0.1, 0.15) is 23.1 Å². The van der Waals surface area contributed by atoms with Gasteiger partial charge in [0.1, 0.15) is 17.7 Å². The van der Waals surface area contributed by atoms with Gasteiger partial charge in [-0.15, -0.1) is 0 Å². The highest BCUT2D eigenvalue weighted by Crippen LogP contribution is 2.40. The van der Waals surface area contributed by atoms with Gasteiger partial charge in [-0.2, -0.15) is 26.3 Å². The SMILES string of the molecule is O=C(CN(CC(=O)N1CC[C@H]2[C@@H]1N2C(=O)O)c1cccc(Oc2ccccc2)c1)NCc1cc(C(F)(F)F)cc(C(F)(F)F)c1. The molecular weight excluding hydrogens is 610 g/mol. The molecule has 9 nitrogen and oxygen atoms in total. The van der Waals surface area contributed by atoms with Gasteiger partial charge in [0.25, 0.3) is 0 Å². The van der Waals surface area contributed by atoms with Gasteiger partial charge in [-0.05, 0) is 54.4 Å². The summed E-state index contributed by atoms with van der Waals surface area (Å²) in [6, 6.07) is 15.9. The highest BCUT2D eigenvalue weighted by atomic mass is 19.4. The third-order valence-electron chi connectivity index (χ3n) is 7.38. The number of alkyl halides is 6. The van der Waals surface area contributed by atoms with Crippen molar-refractivity contribution >= 4 is 23.6 Å². The fourth-order valence-electron chi connectivity index (χ4n) is 5.25. The van der Waals surface area contributed by atoms with Crippen LogP contribution in [0.25, 0.3) is 0 Å². The van der Waals surface area contributed by atoms with Gasteiger partial charge >= 0.3 is 18.4 Å². The van der Waals surface area contributed by atoms with E-state index in [0.29, 0.717) is 42.3 Å². The van der Waals surface area contributed by atoms with Crippen LogP contribution in [0, 0.1) is 0 Å². The van der Waals surface area contributed by atoms with Gasteiger partial charge in [0, 0.05) is 24.8 Å². The molecular formula is C30H26F6N4O5. The lowest BCUT2D eigenvalue weighted by atomic mass is 10.0. The summed E-state index contributed by atoms with van der Waals surface area (Å²) in [6.45, 7) is -1.21. The first-order chi connectivity index (χ1) is 21.2. The molecule has 2 aliphatic rings. The van der Waals surface area contributed by atoms with Crippen molar-refractivity contribution in [1.29, 1.82) is 0 Å². The molecule has 2 N–H and O–H groups in total. The average Bonchev–Trinajstić information content (AvgIpc) is 3.54. The number of ether oxygens (including phenoxy) is 1. The maximum atomic E-state index is 13.3. The predicted molar refractivity (Wildman–Crippen MR) is 147 cm³/mol. The van der Waals surface area contributed by atoms with Gasteiger partial charge in [-0.1, -0.05) is 24.3 Å². The molecule has 2 aliphatic heterocycles. The largest absolute Gasteiger partial charge is 0.465 e. The van der Waals surface area contributed by atoms with E-state index in [2.05, 4.69) is 5.32 Å². The number of carbonyl (C=O) groups excluding carboxylic acids is 2. The second-order valence-electron chi connectivity index (χ2n) is 10.5. The Morgan fingerprint density at radius 1 is 0.867 bits per heavy atom. The zero-order chi connectivity index (χ0) is 32.5. The van der Waals surface area contributed by atoms with Crippen LogP contribution >= 0.6 is 0 Å². The zero-order valence-electron chi connectivity index (χ0n) is 23.3. The molecule has 0 aliphatic carbocycles. The molecule has 2 fully saturated rings. The van der Waals surface area contributed by atoms with Crippen LogP contribution in [0.2, 0.25) is 0 Å². The number of carboxylic acid groups (broad SMARTS) is 1. The quantitative estimate of drug-likeness (QED) is 0.236. The topological polar surface area (TPSA) is 102 Å². The van der Waals surface area contributed by atoms with Crippen molar-refractivity contribution in [3.8, 4) is 11.5 Å². The molecule has 238 valence electrons. The predicted octanol–water partition coefficient (Wildman–Crippen LogP) is 5.56. The lowest BCUT2D eigenvalue weighted by Crippen LogP contribution is -2.45. The first-order valence-corrected chi connectivity index (χ1v) is 13.6. The molecule has 2 saturated heterocycles. The summed E-state index contributed by atoms with van der Waals surface area (Å²) in [5, 5.41) is 11.7. The molecule has 15 heteroatoms. The molecule has 0 aromatic heterocycles. The number of hydrogen-bond donors (Lipinski definition) is 2. The van der Waals surface area contributed by atoms with E-state index in [1.54, 1.807) is 54.6 Å². The van der Waals surface area contributed by atoms with Crippen molar-refractivity contribution in [3.05, 3.63) is 89.5 Å². The van der Waals surface area contributed by atoms with Gasteiger partial charge < -0.3 is 25.0 Å². The van der Waals surface area contributed by atoms with Crippen molar-refractivity contribution in [2.75, 3.05) is 24.5 Å². The Bertz CT molecular complexity index is 1550. The molecule has 3 aromatic carbocycles. The summed E-state index contributed by atoms with van der Waals surface area (Å²) in [6.07, 6.45) is -11.4. The van der Waals surface area contributed by atoms with Gasteiger partial charge in [0.05, 0.1) is 30.3 Å². The van der Waals surface area contributed by atoms with Gasteiger partial charge in [-0.25, -0.2) is 4.79 Å². The number of halogens is 6. The number of carbonyl (C=O) groups is 3. The number of fused-ring (bicyclic) bond motifs is 1. The van der Waals surface area contributed by atoms with Gasteiger partial charge in [0.2, 0.25) is 11.8 Å². The summed E-state index contributed by atoms with van der Waals surface area (Å²) in [7, 11) is 0. The third-order valence-corrected chi connectivity index (χ3v) is 7.38. The number of likely N-dealkylation sites (tertiary alicyclic amines) is 1. The highest BCUT2D eigenvalue weighted by Gasteiger charge is 2.60. The minimum absolute atomic E-state index is 0.00255. The minimum atomic E-state index is -5.05. The molecule has 3 amide bonds. The van der Waals surface area contributed by atoms with Crippen molar-refractivity contribution in [1.82, 2.24) is 15.1 Å². The van der Waals surface area contributed by atoms with Crippen molar-refractivity contribution in [2.24, 2.45) is 0 Å². The van der Waals surface area contributed by atoms with E-state index in [-0.39, 0.29) is 18.7 Å². The van der Waals surface area contributed by atoms with Crippen LogP contribution in [0.5, 0.6) is 11.5 Å². The summed E-state index contributed by atoms with van der Waals surface area (Å²) < 4.78 is 85.5. The number of para-hydroxylation sites is 1. The Kier molecular flexibility index (Phi) is 8.54. The zero-order valence-corrected chi connectivity index (χ0v) is 23.3. The fraction of sp³-hybridized carbons (Fsp3) is 0.300. The number of nitrogens with one attached hydrogen (secondary N) is 1. The van der Waals surface area contributed by atoms with Crippen LogP contribution < -0.4 is 15.0 Å². The van der Waals surface area contributed by atoms with E-state index in [1.165, 1.54) is 9.80 Å². The number of anilines is 1. The van der Waals surface area contributed by atoms with Gasteiger partial charge in [0.15, 0.2) is 0 Å². The summed E-state index contributed by atoms with van der Waals surface area (Å²) >= 11 is 0. The van der Waals surface area contributed by atoms with Crippen molar-refractivity contribution in [2.45, 2.75) is 37.5 Å². The number of benzene rings is 3. The number of nitrogens with zero attached hydrogens (tertiary/aromatic N) is 3. The van der Waals surface area contributed by atoms with Crippen molar-refractivity contribution in [3.63, 3.8) is 0 Å². The van der Waals surface area contributed by atoms with E-state index in [4.69, 9.17) is 4.74 Å². The molecule has 0 radical (unpaired) electrons. The van der Waals surface area contributed by atoms with E-state index in [9.17, 15) is 45.8 Å². The maximum absolute atomic E-state index is 13.3. The summed E-state index contributed by atoms with van der Waals surface area (Å²) in [4.78, 5) is 41.7. The molecule has 3 aromatic rings. The van der Waals surface area contributed by atoms with E-state index >= 15 is 0 Å².